The Labute approximate surface area is 406 Å². The topological polar surface area (TPSA) is 315 Å². The van der Waals surface area contributed by atoms with Crippen LogP contribution in [0.4, 0.5) is 0 Å². The van der Waals surface area contributed by atoms with Gasteiger partial charge in [-0.15, -0.1) is 0 Å². The van der Waals surface area contributed by atoms with Crippen molar-refractivity contribution < 1.29 is 300 Å². The number of hydrogen-bond donors (Lipinski definition) is 4. The largest absolute Gasteiger partial charge is 1.00 e. The maximum atomic E-state index is 10.6. The van der Waals surface area contributed by atoms with Gasteiger partial charge in [-0.25, -0.2) is 0 Å². The summed E-state index contributed by atoms with van der Waals surface area (Å²) in [5.41, 5.74) is -1.33. The maximum Gasteiger partial charge on any atom is 1.00 e. The minimum absolute atomic E-state index is 0. The van der Waals surface area contributed by atoms with Gasteiger partial charge >= 0.3 is 206 Å². The molecule has 0 spiro atoms. The number of ether oxygens (including phenoxy) is 4. The molecule has 0 fully saturated rings. The minimum atomic E-state index is -5.02. The Morgan fingerprint density at radius 1 is 0.415 bits per heavy atom. The van der Waals surface area contributed by atoms with Crippen molar-refractivity contribution in [3.63, 3.8) is 0 Å². The molecule has 0 aliphatic rings. The third-order valence-electron chi connectivity index (χ3n) is 3.56. The van der Waals surface area contributed by atoms with E-state index in [2.05, 4.69) is 18.1 Å². The van der Waals surface area contributed by atoms with E-state index in [0.29, 0.717) is 0 Å². The summed E-state index contributed by atoms with van der Waals surface area (Å²) >= 11 is 0. The van der Waals surface area contributed by atoms with Gasteiger partial charge in [-0.05, 0) is 0 Å². The summed E-state index contributed by atoms with van der Waals surface area (Å²) in [4.78, 5) is 76.9. The number of rotatable bonds is 24. The molecule has 20 nitrogen and oxygen atoms in total. The van der Waals surface area contributed by atoms with Gasteiger partial charge in [0.2, 0.25) is 0 Å². The Bertz CT molecular complexity index is 683. The second kappa shape index (κ2) is 30.5. The molecule has 0 aromatic heterocycles. The van der Waals surface area contributed by atoms with Crippen molar-refractivity contribution in [1.29, 1.82) is 0 Å². The van der Waals surface area contributed by atoms with Crippen molar-refractivity contribution >= 4 is 31.3 Å². The van der Waals surface area contributed by atoms with Crippen molar-refractivity contribution in [3.8, 4) is 0 Å². The van der Waals surface area contributed by atoms with E-state index in [4.69, 9.17) is 38.5 Å². The first-order chi connectivity index (χ1) is 16.8. The minimum Gasteiger partial charge on any atom is -0.756 e. The third-order valence-corrected chi connectivity index (χ3v) is 5.60. The third kappa shape index (κ3) is 42.9. The summed E-state index contributed by atoms with van der Waals surface area (Å²) in [6.45, 7) is -5.33. The number of phosphoric ester groups is 4. The monoisotopic (exact) mass is 784 g/mol. The Hall–Kier alpha value is 6.83. The van der Waals surface area contributed by atoms with E-state index in [1.807, 2.05) is 0 Å². The fraction of sp³-hybridized carbons (Fsp3) is 1.00. The van der Waals surface area contributed by atoms with Crippen molar-refractivity contribution in [2.45, 2.75) is 0 Å². The molecule has 0 aromatic rings. The predicted octanol–water partition coefficient (Wildman–Crippen LogP) is -16.0. The maximum absolute atomic E-state index is 10.6. The second-order valence-corrected chi connectivity index (χ2v) is 11.7. The van der Waals surface area contributed by atoms with Crippen molar-refractivity contribution in [2.24, 2.45) is 5.41 Å². The summed E-state index contributed by atoms with van der Waals surface area (Å²) in [7, 11) is -20.1. The van der Waals surface area contributed by atoms with Crippen LogP contribution < -0.4 is 225 Å². The van der Waals surface area contributed by atoms with Gasteiger partial charge in [0.25, 0.3) is 31.3 Å². The quantitative estimate of drug-likeness (QED) is 0.0401. The zero-order valence-electron chi connectivity index (χ0n) is 23.1. The standard InChI is InChI=1S/C13H32O20P4.4K/c14-34(15,16)30-5-1-26-9-13(10-27-2-6-31-35(17,18)19,11-28-3-7-32-36(20,21)22)12-29-4-8-33-37(23,24)25;;;;/h1-12H2,(H2,14,15,16)(H2,17,18,19)(H2,20,21,22)(H2,23,24,25);;;;/q;4*+1/p-4. The smallest absolute Gasteiger partial charge is 0.756 e. The zero-order valence-corrected chi connectivity index (χ0v) is 39.2. The van der Waals surface area contributed by atoms with Crippen LogP contribution in [-0.2, 0) is 55.3 Å². The molecule has 0 saturated heterocycles. The molecular formula is C13H28K4O20P4. The average Bonchev–Trinajstić information content (AvgIpc) is 2.69. The van der Waals surface area contributed by atoms with Gasteiger partial charge in [-0.1, -0.05) is 0 Å². The van der Waals surface area contributed by atoms with Gasteiger partial charge in [0.15, 0.2) is 0 Å². The van der Waals surface area contributed by atoms with Gasteiger partial charge in [-0.2, -0.15) is 0 Å². The first kappa shape index (κ1) is 57.2. The number of phosphoric acid groups is 4. The van der Waals surface area contributed by atoms with E-state index < -0.39 is 63.1 Å². The van der Waals surface area contributed by atoms with Crippen LogP contribution in [0.3, 0.4) is 0 Å². The molecule has 0 rings (SSSR count). The molecular weight excluding hydrogens is 756 g/mol. The van der Waals surface area contributed by atoms with Crippen LogP contribution in [0, 0.1) is 5.41 Å². The molecule has 28 heteroatoms. The SMILES string of the molecule is O=P([O-])(O)OCCOCC(COCCOP(=O)([O-])O)(COCCOP(=O)([O-])O)COCCOP(=O)([O-])O.[K+].[K+].[K+].[K+]. The Kier molecular flexibility index (Phi) is 42.5. The van der Waals surface area contributed by atoms with Crippen molar-refractivity contribution in [3.05, 3.63) is 0 Å². The van der Waals surface area contributed by atoms with Crippen LogP contribution in [0.2, 0.25) is 0 Å². The Balaban J connectivity index is -0.00000108. The summed E-state index contributed by atoms with van der Waals surface area (Å²) in [5, 5.41) is 0. The van der Waals surface area contributed by atoms with Gasteiger partial charge in [0.05, 0.1) is 84.7 Å². The van der Waals surface area contributed by atoms with E-state index in [-0.39, 0.29) is 258 Å². The van der Waals surface area contributed by atoms with Crippen molar-refractivity contribution in [2.75, 3.05) is 79.3 Å². The molecule has 0 saturated carbocycles. The fourth-order valence-corrected chi connectivity index (χ4v) is 3.47. The van der Waals surface area contributed by atoms with Crippen LogP contribution in [0.1, 0.15) is 0 Å². The molecule has 0 aliphatic carbocycles. The number of hydrogen-bond acceptors (Lipinski definition) is 16. The van der Waals surface area contributed by atoms with E-state index in [0.717, 1.165) is 0 Å². The van der Waals surface area contributed by atoms with E-state index in [1.54, 1.807) is 0 Å². The molecule has 0 aliphatic heterocycles. The average molecular weight is 785 g/mol. The molecule has 224 valence electrons. The Morgan fingerprint density at radius 2 is 0.585 bits per heavy atom. The molecule has 0 aromatic carbocycles. The fourth-order valence-electron chi connectivity index (χ4n) is 2.25. The van der Waals surface area contributed by atoms with Gasteiger partial charge < -0.3 is 76.2 Å². The Morgan fingerprint density at radius 3 is 0.732 bits per heavy atom. The van der Waals surface area contributed by atoms with Crippen LogP contribution in [0.25, 0.3) is 0 Å². The molecule has 0 bridgehead atoms. The first-order valence-electron chi connectivity index (χ1n) is 9.87. The van der Waals surface area contributed by atoms with Gasteiger partial charge in [0, 0.05) is 0 Å². The molecule has 41 heavy (non-hydrogen) atoms. The van der Waals surface area contributed by atoms with Crippen LogP contribution in [0.5, 0.6) is 0 Å². The van der Waals surface area contributed by atoms with Crippen LogP contribution >= 0.6 is 31.3 Å². The summed E-state index contributed by atoms with van der Waals surface area (Å²) in [6.07, 6.45) is 0. The van der Waals surface area contributed by atoms with Crippen LogP contribution in [0.15, 0.2) is 0 Å². The van der Waals surface area contributed by atoms with E-state index >= 15 is 0 Å². The van der Waals surface area contributed by atoms with E-state index in [9.17, 15) is 37.8 Å². The van der Waals surface area contributed by atoms with Gasteiger partial charge in [0.1, 0.15) is 0 Å². The molecule has 4 N–H and O–H groups in total. The molecule has 0 heterocycles. The van der Waals surface area contributed by atoms with Gasteiger partial charge in [-0.3, -0.25) is 18.3 Å². The zero-order chi connectivity index (χ0) is 28.6. The predicted molar refractivity (Wildman–Crippen MR) is 109 cm³/mol. The van der Waals surface area contributed by atoms with Crippen molar-refractivity contribution in [1.82, 2.24) is 0 Å². The van der Waals surface area contributed by atoms with Crippen LogP contribution in [-0.4, -0.2) is 98.9 Å². The summed E-state index contributed by atoms with van der Waals surface area (Å²) in [5.74, 6) is 0. The van der Waals surface area contributed by atoms with E-state index in [1.165, 1.54) is 0 Å². The molecule has 0 radical (unpaired) electrons. The second-order valence-electron chi connectivity index (χ2n) is 6.92. The molecule has 0 amide bonds. The molecule has 4 atom stereocenters. The first-order valence-corrected chi connectivity index (χ1v) is 15.9. The summed E-state index contributed by atoms with van der Waals surface area (Å²) in [6, 6.07) is 0. The summed E-state index contributed by atoms with van der Waals surface area (Å²) < 4.78 is 80.3. The molecule has 4 unspecified atom stereocenters. The normalized spacial score (nSPS) is 18.3.